The van der Waals surface area contributed by atoms with Gasteiger partial charge in [-0.2, -0.15) is 5.10 Å². The predicted octanol–water partition coefficient (Wildman–Crippen LogP) is 2.94. The van der Waals surface area contributed by atoms with Crippen LogP contribution < -0.4 is 0 Å². The molecule has 4 heteroatoms. The van der Waals surface area contributed by atoms with E-state index in [1.807, 2.05) is 13.1 Å². The highest BCUT2D eigenvalue weighted by Crippen LogP contribution is 2.38. The summed E-state index contributed by atoms with van der Waals surface area (Å²) in [5.41, 5.74) is 1.03. The third-order valence-corrected chi connectivity index (χ3v) is 2.72. The number of hydrogen-bond acceptors (Lipinski definition) is 1. The number of rotatable bonds is 1. The lowest BCUT2D eigenvalue weighted by Gasteiger charge is -2.28. The van der Waals surface area contributed by atoms with Gasteiger partial charge < -0.3 is 0 Å². The molecule has 0 aromatic carbocycles. The molecule has 0 N–H and O–H groups in total. The van der Waals surface area contributed by atoms with E-state index in [0.717, 1.165) is 12.0 Å². The van der Waals surface area contributed by atoms with Gasteiger partial charge in [0.2, 0.25) is 5.92 Å². The van der Waals surface area contributed by atoms with E-state index in [4.69, 9.17) is 0 Å². The summed E-state index contributed by atoms with van der Waals surface area (Å²) in [6.45, 7) is 1.92. The first kappa shape index (κ1) is 9.62. The summed E-state index contributed by atoms with van der Waals surface area (Å²) in [5, 5.41) is 4.09. The number of aromatic nitrogens is 2. The molecule has 14 heavy (non-hydrogen) atoms. The Morgan fingerprint density at radius 3 is 2.93 bits per heavy atom. The third-order valence-electron chi connectivity index (χ3n) is 2.72. The average Bonchev–Trinajstić information content (AvgIpc) is 2.50. The van der Waals surface area contributed by atoms with Crippen molar-refractivity contribution in [2.45, 2.75) is 44.6 Å². The second-order valence-electron chi connectivity index (χ2n) is 4.10. The fourth-order valence-electron chi connectivity index (χ4n) is 2.00. The second kappa shape index (κ2) is 3.33. The largest absolute Gasteiger partial charge is 0.269 e. The van der Waals surface area contributed by atoms with Crippen molar-refractivity contribution < 1.29 is 8.78 Å². The van der Waals surface area contributed by atoms with Crippen LogP contribution in [0.2, 0.25) is 0 Å². The molecule has 1 aliphatic carbocycles. The highest BCUT2D eigenvalue weighted by atomic mass is 19.3. The van der Waals surface area contributed by atoms with Crippen LogP contribution in [-0.2, 0) is 0 Å². The smallest absolute Gasteiger partial charge is 0.250 e. The first-order chi connectivity index (χ1) is 6.57. The third kappa shape index (κ3) is 1.94. The molecule has 1 fully saturated rings. The highest BCUT2D eigenvalue weighted by Gasteiger charge is 2.37. The van der Waals surface area contributed by atoms with Crippen LogP contribution in [0.3, 0.4) is 0 Å². The maximum atomic E-state index is 13.1. The van der Waals surface area contributed by atoms with Crippen molar-refractivity contribution in [3.63, 3.8) is 0 Å². The van der Waals surface area contributed by atoms with Crippen molar-refractivity contribution in [1.82, 2.24) is 9.78 Å². The minimum atomic E-state index is -2.50. The lowest BCUT2D eigenvalue weighted by atomic mass is 9.92. The van der Waals surface area contributed by atoms with Gasteiger partial charge >= 0.3 is 0 Å². The molecule has 0 aliphatic heterocycles. The van der Waals surface area contributed by atoms with E-state index in [0.29, 0.717) is 6.42 Å². The molecule has 1 aromatic rings. The van der Waals surface area contributed by atoms with Gasteiger partial charge in [-0.15, -0.1) is 0 Å². The summed E-state index contributed by atoms with van der Waals surface area (Å²) in [7, 11) is 0. The van der Waals surface area contributed by atoms with Crippen molar-refractivity contribution in [2.24, 2.45) is 0 Å². The van der Waals surface area contributed by atoms with Crippen LogP contribution in [0.15, 0.2) is 12.4 Å². The Bertz CT molecular complexity index is 320. The van der Waals surface area contributed by atoms with Crippen molar-refractivity contribution >= 4 is 0 Å². The van der Waals surface area contributed by atoms with Crippen LogP contribution in [0.25, 0.3) is 0 Å². The second-order valence-corrected chi connectivity index (χ2v) is 4.10. The number of alkyl halides is 2. The molecule has 0 saturated heterocycles. The van der Waals surface area contributed by atoms with Gasteiger partial charge in [-0.1, -0.05) is 0 Å². The fraction of sp³-hybridized carbons (Fsp3) is 0.700. The topological polar surface area (TPSA) is 17.8 Å². The number of hydrogen-bond donors (Lipinski definition) is 0. The lowest BCUT2D eigenvalue weighted by Crippen LogP contribution is -2.28. The van der Waals surface area contributed by atoms with E-state index < -0.39 is 5.92 Å². The van der Waals surface area contributed by atoms with Crippen molar-refractivity contribution in [3.8, 4) is 0 Å². The van der Waals surface area contributed by atoms with E-state index in [2.05, 4.69) is 5.10 Å². The molecule has 0 spiro atoms. The summed E-state index contributed by atoms with van der Waals surface area (Å²) in [5.74, 6) is -2.50. The van der Waals surface area contributed by atoms with Crippen molar-refractivity contribution in [2.75, 3.05) is 0 Å². The first-order valence-electron chi connectivity index (χ1n) is 4.95. The molecule has 0 radical (unpaired) electrons. The minimum absolute atomic E-state index is 0.0315. The van der Waals surface area contributed by atoms with Crippen LogP contribution >= 0.6 is 0 Å². The van der Waals surface area contributed by atoms with Gasteiger partial charge in [0.25, 0.3) is 0 Å². The Morgan fingerprint density at radius 2 is 2.36 bits per heavy atom. The Labute approximate surface area is 81.9 Å². The Hall–Kier alpha value is -0.930. The van der Waals surface area contributed by atoms with Crippen molar-refractivity contribution in [1.29, 1.82) is 0 Å². The van der Waals surface area contributed by atoms with Crippen LogP contribution in [0.5, 0.6) is 0 Å². The van der Waals surface area contributed by atoms with Crippen LogP contribution in [0.1, 0.15) is 37.3 Å². The molecule has 1 aromatic heterocycles. The zero-order valence-corrected chi connectivity index (χ0v) is 8.21. The Balaban J connectivity index is 2.12. The van der Waals surface area contributed by atoms with Gasteiger partial charge in [-0.3, -0.25) is 4.68 Å². The molecule has 1 saturated carbocycles. The van der Waals surface area contributed by atoms with E-state index in [1.54, 1.807) is 10.9 Å². The Morgan fingerprint density at radius 1 is 1.57 bits per heavy atom. The summed E-state index contributed by atoms with van der Waals surface area (Å²) in [4.78, 5) is 0. The van der Waals surface area contributed by atoms with Gasteiger partial charge in [-0.25, -0.2) is 8.78 Å². The minimum Gasteiger partial charge on any atom is -0.269 e. The standard InChI is InChI=1S/C10H14F2N2/c1-8-6-13-14(7-8)9-3-2-4-10(11,12)5-9/h6-7,9H,2-5H2,1H3. The zero-order valence-electron chi connectivity index (χ0n) is 8.21. The van der Waals surface area contributed by atoms with Gasteiger partial charge in [0.1, 0.15) is 0 Å². The molecule has 2 rings (SSSR count). The fourth-order valence-corrected chi connectivity index (χ4v) is 2.00. The van der Waals surface area contributed by atoms with Crippen LogP contribution in [-0.4, -0.2) is 15.7 Å². The lowest BCUT2D eigenvalue weighted by molar-refractivity contribution is -0.0512. The van der Waals surface area contributed by atoms with E-state index in [-0.39, 0.29) is 18.9 Å². The average molecular weight is 200 g/mol. The maximum absolute atomic E-state index is 13.1. The number of nitrogens with zero attached hydrogens (tertiary/aromatic N) is 2. The SMILES string of the molecule is Cc1cnn(C2CCCC(F)(F)C2)c1. The van der Waals surface area contributed by atoms with Crippen molar-refractivity contribution in [3.05, 3.63) is 18.0 Å². The highest BCUT2D eigenvalue weighted by molar-refractivity contribution is 5.01. The molecule has 1 aliphatic rings. The molecule has 2 nitrogen and oxygen atoms in total. The quantitative estimate of drug-likeness (QED) is 0.681. The predicted molar refractivity (Wildman–Crippen MR) is 49.4 cm³/mol. The van der Waals surface area contributed by atoms with Crippen LogP contribution in [0.4, 0.5) is 8.78 Å². The van der Waals surface area contributed by atoms with Gasteiger partial charge in [-0.05, 0) is 25.3 Å². The van der Waals surface area contributed by atoms with Crippen LogP contribution in [0, 0.1) is 6.92 Å². The van der Waals surface area contributed by atoms with Gasteiger partial charge in [0.15, 0.2) is 0 Å². The maximum Gasteiger partial charge on any atom is 0.250 e. The molecule has 1 heterocycles. The summed E-state index contributed by atoms with van der Waals surface area (Å²) in [6.07, 6.45) is 4.93. The molecule has 0 bridgehead atoms. The van der Waals surface area contributed by atoms with E-state index >= 15 is 0 Å². The normalized spacial score (nSPS) is 26.4. The number of aryl methyl sites for hydroxylation is 1. The molecular formula is C10H14F2N2. The first-order valence-corrected chi connectivity index (χ1v) is 4.95. The van der Waals surface area contributed by atoms with Gasteiger partial charge in [0, 0.05) is 19.0 Å². The molecule has 78 valence electrons. The van der Waals surface area contributed by atoms with Gasteiger partial charge in [0.05, 0.1) is 12.2 Å². The number of halogens is 2. The van der Waals surface area contributed by atoms with E-state index in [9.17, 15) is 8.78 Å². The summed E-state index contributed by atoms with van der Waals surface area (Å²) >= 11 is 0. The molecule has 0 amide bonds. The molecule has 1 unspecified atom stereocenters. The monoisotopic (exact) mass is 200 g/mol. The molecular weight excluding hydrogens is 186 g/mol. The molecule has 1 atom stereocenters. The zero-order chi connectivity index (χ0) is 10.2. The summed E-state index contributed by atoms with van der Waals surface area (Å²) < 4.78 is 27.9. The summed E-state index contributed by atoms with van der Waals surface area (Å²) in [6, 6.07) is -0.118. The Kier molecular flexibility index (Phi) is 2.29. The van der Waals surface area contributed by atoms with E-state index in [1.165, 1.54) is 0 Å².